The van der Waals surface area contributed by atoms with Crippen LogP contribution in [0.4, 0.5) is 0 Å². The fourth-order valence-electron chi connectivity index (χ4n) is 2.70. The van der Waals surface area contributed by atoms with E-state index in [1.54, 1.807) is 12.1 Å². The minimum atomic E-state index is -3.69. The van der Waals surface area contributed by atoms with Gasteiger partial charge in [0, 0.05) is 5.39 Å². The van der Waals surface area contributed by atoms with Crippen LogP contribution in [0.15, 0.2) is 47.4 Å². The molecule has 0 saturated heterocycles. The zero-order valence-corrected chi connectivity index (χ0v) is 14.6. The molecule has 0 bridgehead atoms. The molecule has 0 saturated carbocycles. The van der Waals surface area contributed by atoms with Crippen LogP contribution in [0.25, 0.3) is 10.8 Å². The number of hydrogen-bond donors (Lipinski definition) is 0. The molecule has 0 N–H and O–H groups in total. The van der Waals surface area contributed by atoms with E-state index in [4.69, 9.17) is 4.18 Å². The second-order valence-electron chi connectivity index (χ2n) is 5.87. The van der Waals surface area contributed by atoms with Gasteiger partial charge in [-0.3, -0.25) is 4.18 Å². The third-order valence-electron chi connectivity index (χ3n) is 4.01. The SMILES string of the molecule is CCCCCCCCCOS(=O)(=O)c1cccc2ccccc12.[BaH2]. The third kappa shape index (κ3) is 6.83. The summed E-state index contributed by atoms with van der Waals surface area (Å²) in [5, 5.41) is 1.63. The van der Waals surface area contributed by atoms with Gasteiger partial charge in [0.2, 0.25) is 0 Å². The summed E-state index contributed by atoms with van der Waals surface area (Å²) in [5.41, 5.74) is 0. The Labute approximate surface area is 186 Å². The van der Waals surface area contributed by atoms with Gasteiger partial charge in [0.25, 0.3) is 10.1 Å². The molecule has 0 heterocycles. The van der Waals surface area contributed by atoms with Crippen LogP contribution in [0.2, 0.25) is 0 Å². The van der Waals surface area contributed by atoms with Crippen LogP contribution in [-0.2, 0) is 14.3 Å². The van der Waals surface area contributed by atoms with E-state index in [0.717, 1.165) is 30.0 Å². The topological polar surface area (TPSA) is 43.4 Å². The monoisotopic (exact) mass is 474 g/mol. The molecule has 2 aromatic carbocycles. The summed E-state index contributed by atoms with van der Waals surface area (Å²) in [5.74, 6) is 0. The first-order valence-electron chi connectivity index (χ1n) is 8.52. The summed E-state index contributed by atoms with van der Waals surface area (Å²) in [6.45, 7) is 2.46. The minimum absolute atomic E-state index is 0. The second kappa shape index (κ2) is 11.7. The van der Waals surface area contributed by atoms with Crippen molar-refractivity contribution in [2.75, 3.05) is 6.61 Å². The number of benzene rings is 2. The molecule has 3 nitrogen and oxygen atoms in total. The van der Waals surface area contributed by atoms with Gasteiger partial charge in [0.1, 0.15) is 4.90 Å². The fraction of sp³-hybridized carbons (Fsp3) is 0.474. The molecule has 130 valence electrons. The van der Waals surface area contributed by atoms with E-state index in [1.807, 2.05) is 30.3 Å². The van der Waals surface area contributed by atoms with E-state index in [-0.39, 0.29) is 60.4 Å². The molecule has 0 fully saturated rings. The standard InChI is InChI=1S/C19H26O3S.Ba.2H/c1-2-3-4-5-6-7-10-16-22-23(20,21)19-15-11-13-17-12-8-9-14-18(17)19;;;/h8-9,11-15H,2-7,10,16H2,1H3;;;. The average Bonchev–Trinajstić information content (AvgIpc) is 2.56. The van der Waals surface area contributed by atoms with Crippen LogP contribution in [-0.4, -0.2) is 63.9 Å². The van der Waals surface area contributed by atoms with Crippen molar-refractivity contribution >= 4 is 69.8 Å². The molecule has 0 atom stereocenters. The van der Waals surface area contributed by atoms with Crippen molar-refractivity contribution in [1.29, 1.82) is 0 Å². The van der Waals surface area contributed by atoms with Gasteiger partial charge in [-0.05, 0) is 17.9 Å². The summed E-state index contributed by atoms with van der Waals surface area (Å²) in [4.78, 5) is 0.263. The van der Waals surface area contributed by atoms with Crippen molar-refractivity contribution in [3.05, 3.63) is 42.5 Å². The molecule has 0 aliphatic rings. The van der Waals surface area contributed by atoms with Crippen LogP contribution in [0.5, 0.6) is 0 Å². The van der Waals surface area contributed by atoms with Crippen LogP contribution in [0.1, 0.15) is 51.9 Å². The van der Waals surface area contributed by atoms with Crippen molar-refractivity contribution in [2.45, 2.75) is 56.8 Å². The molecule has 0 amide bonds. The van der Waals surface area contributed by atoms with Crippen LogP contribution < -0.4 is 0 Å². The Bertz CT molecular complexity index is 708. The Kier molecular flexibility index (Phi) is 10.9. The van der Waals surface area contributed by atoms with Crippen molar-refractivity contribution in [3.63, 3.8) is 0 Å². The van der Waals surface area contributed by atoms with Crippen LogP contribution >= 0.6 is 0 Å². The van der Waals surface area contributed by atoms with Crippen LogP contribution in [0, 0.1) is 0 Å². The zero-order chi connectivity index (χ0) is 16.5. The van der Waals surface area contributed by atoms with Gasteiger partial charge in [-0.1, -0.05) is 81.8 Å². The summed E-state index contributed by atoms with van der Waals surface area (Å²) in [7, 11) is -3.69. The van der Waals surface area contributed by atoms with Crippen LogP contribution in [0.3, 0.4) is 0 Å². The maximum absolute atomic E-state index is 12.4. The Hall–Kier alpha value is 0.181. The number of rotatable bonds is 10. The second-order valence-corrected chi connectivity index (χ2v) is 7.46. The van der Waals surface area contributed by atoms with Gasteiger partial charge in [0.05, 0.1) is 6.61 Å². The predicted molar refractivity (Wildman–Crippen MR) is 104 cm³/mol. The normalized spacial score (nSPS) is 11.4. The first kappa shape index (κ1) is 22.2. The van der Waals surface area contributed by atoms with Crippen molar-refractivity contribution < 1.29 is 12.6 Å². The van der Waals surface area contributed by atoms with Gasteiger partial charge in [-0.25, -0.2) is 0 Å². The first-order chi connectivity index (χ1) is 11.1. The average molecular weight is 474 g/mol. The molecule has 0 unspecified atom stereocenters. The Morgan fingerprint density at radius 2 is 1.46 bits per heavy atom. The fourth-order valence-corrected chi connectivity index (χ4v) is 3.87. The van der Waals surface area contributed by atoms with Crippen molar-refractivity contribution in [3.8, 4) is 0 Å². The van der Waals surface area contributed by atoms with E-state index in [1.165, 1.54) is 25.7 Å². The molecule has 0 radical (unpaired) electrons. The molecule has 24 heavy (non-hydrogen) atoms. The van der Waals surface area contributed by atoms with Crippen molar-refractivity contribution in [1.82, 2.24) is 0 Å². The maximum atomic E-state index is 12.4. The van der Waals surface area contributed by atoms with Crippen molar-refractivity contribution in [2.24, 2.45) is 0 Å². The Balaban J connectivity index is 0.00000288. The molecule has 0 aliphatic carbocycles. The number of unbranched alkanes of at least 4 members (excludes halogenated alkanes) is 6. The molecule has 5 heteroatoms. The van der Waals surface area contributed by atoms with Gasteiger partial charge >= 0.3 is 48.9 Å². The molecular weight excluding hydrogens is 446 g/mol. The first-order valence-corrected chi connectivity index (χ1v) is 9.93. The quantitative estimate of drug-likeness (QED) is 0.292. The van der Waals surface area contributed by atoms with E-state index < -0.39 is 10.1 Å². The number of hydrogen-bond acceptors (Lipinski definition) is 3. The molecule has 0 spiro atoms. The Morgan fingerprint density at radius 3 is 2.21 bits per heavy atom. The molecule has 2 aromatic rings. The summed E-state index contributed by atoms with van der Waals surface area (Å²) < 4.78 is 30.0. The van der Waals surface area contributed by atoms with Gasteiger partial charge in [-0.15, -0.1) is 0 Å². The third-order valence-corrected chi connectivity index (χ3v) is 5.38. The predicted octanol–water partition coefficient (Wildman–Crippen LogP) is 4.38. The molecule has 0 aliphatic heterocycles. The Morgan fingerprint density at radius 1 is 0.833 bits per heavy atom. The van der Waals surface area contributed by atoms with Gasteiger partial charge in [0.15, 0.2) is 0 Å². The van der Waals surface area contributed by atoms with Gasteiger partial charge in [-0.2, -0.15) is 8.42 Å². The molecular formula is C19H28BaO3S. The summed E-state index contributed by atoms with van der Waals surface area (Å²) in [6.07, 6.45) is 7.98. The van der Waals surface area contributed by atoms with E-state index in [2.05, 4.69) is 6.92 Å². The van der Waals surface area contributed by atoms with E-state index in [9.17, 15) is 8.42 Å². The van der Waals surface area contributed by atoms with E-state index >= 15 is 0 Å². The zero-order valence-electron chi connectivity index (χ0n) is 13.8. The number of fused-ring (bicyclic) bond motifs is 1. The summed E-state index contributed by atoms with van der Waals surface area (Å²) in [6, 6.07) is 12.7. The van der Waals surface area contributed by atoms with E-state index in [0.29, 0.717) is 0 Å². The summed E-state index contributed by atoms with van der Waals surface area (Å²) >= 11 is 0. The molecule has 2 rings (SSSR count). The van der Waals surface area contributed by atoms with Gasteiger partial charge < -0.3 is 0 Å². The molecule has 0 aromatic heterocycles.